The molecule has 2 fully saturated rings. The van der Waals surface area contributed by atoms with Crippen LogP contribution in [-0.4, -0.2) is 18.3 Å². The zero-order chi connectivity index (χ0) is 18.0. The molecule has 1 saturated heterocycles. The van der Waals surface area contributed by atoms with Crippen molar-refractivity contribution in [3.05, 3.63) is 29.3 Å². The van der Waals surface area contributed by atoms with Gasteiger partial charge in [-0.3, -0.25) is 0 Å². The molecule has 1 heterocycles. The molecular formula is C22H33BO2. The minimum Gasteiger partial charge on any atom is -0.399 e. The fourth-order valence-corrected chi connectivity index (χ4v) is 5.11. The highest BCUT2D eigenvalue weighted by atomic mass is 16.7. The number of hydrogen-bond acceptors (Lipinski definition) is 2. The Morgan fingerprint density at radius 3 is 1.88 bits per heavy atom. The summed E-state index contributed by atoms with van der Waals surface area (Å²) in [5.74, 6) is 3.19. The Hall–Kier alpha value is -0.795. The first-order valence-corrected chi connectivity index (χ1v) is 10.2. The summed E-state index contributed by atoms with van der Waals surface area (Å²) >= 11 is 0. The van der Waals surface area contributed by atoms with E-state index in [4.69, 9.17) is 9.31 Å². The van der Waals surface area contributed by atoms with Gasteiger partial charge in [0.25, 0.3) is 0 Å². The molecule has 5 rings (SSSR count). The van der Waals surface area contributed by atoms with Gasteiger partial charge in [0.2, 0.25) is 0 Å². The molecule has 0 amide bonds. The van der Waals surface area contributed by atoms with E-state index in [1.807, 2.05) is 0 Å². The van der Waals surface area contributed by atoms with Gasteiger partial charge in [0.1, 0.15) is 0 Å². The summed E-state index contributed by atoms with van der Waals surface area (Å²) in [5.41, 5.74) is 3.72. The van der Waals surface area contributed by atoms with Gasteiger partial charge < -0.3 is 9.31 Å². The van der Waals surface area contributed by atoms with Crippen molar-refractivity contribution in [2.75, 3.05) is 0 Å². The van der Waals surface area contributed by atoms with Gasteiger partial charge in [-0.25, -0.2) is 0 Å². The van der Waals surface area contributed by atoms with E-state index in [9.17, 15) is 0 Å². The molecule has 3 aliphatic carbocycles. The van der Waals surface area contributed by atoms with Gasteiger partial charge in [-0.05, 0) is 93.6 Å². The topological polar surface area (TPSA) is 18.5 Å². The van der Waals surface area contributed by atoms with E-state index in [0.717, 1.165) is 11.8 Å². The Morgan fingerprint density at radius 2 is 1.32 bits per heavy atom. The van der Waals surface area contributed by atoms with Crippen molar-refractivity contribution in [2.45, 2.75) is 90.3 Å². The predicted molar refractivity (Wildman–Crippen MR) is 104 cm³/mol. The van der Waals surface area contributed by atoms with Crippen LogP contribution in [0, 0.1) is 11.8 Å². The lowest BCUT2D eigenvalue weighted by Gasteiger charge is -2.36. The van der Waals surface area contributed by atoms with Crippen molar-refractivity contribution in [3.63, 3.8) is 0 Å². The van der Waals surface area contributed by atoms with Crippen LogP contribution in [0.2, 0.25) is 0 Å². The Balaban J connectivity index is 1.67. The van der Waals surface area contributed by atoms with Crippen LogP contribution in [0.15, 0.2) is 18.2 Å². The van der Waals surface area contributed by atoms with Gasteiger partial charge in [-0.15, -0.1) is 0 Å². The first-order chi connectivity index (χ1) is 11.7. The molecule has 1 aromatic carbocycles. The van der Waals surface area contributed by atoms with E-state index in [0.29, 0.717) is 11.8 Å². The van der Waals surface area contributed by atoms with Crippen LogP contribution in [0.3, 0.4) is 0 Å². The maximum Gasteiger partial charge on any atom is 0.494 e. The third kappa shape index (κ3) is 2.98. The van der Waals surface area contributed by atoms with Crippen molar-refractivity contribution in [1.29, 1.82) is 0 Å². The lowest BCUT2D eigenvalue weighted by molar-refractivity contribution is 0.00578. The van der Waals surface area contributed by atoms with Gasteiger partial charge in [0.05, 0.1) is 11.2 Å². The molecule has 1 saturated carbocycles. The second-order valence-electron chi connectivity index (χ2n) is 9.95. The van der Waals surface area contributed by atoms with Crippen LogP contribution in [0.1, 0.15) is 90.2 Å². The third-order valence-corrected chi connectivity index (χ3v) is 7.41. The minimum absolute atomic E-state index is 0.251. The molecule has 0 radical (unpaired) electrons. The molecule has 2 unspecified atom stereocenters. The lowest BCUT2D eigenvalue weighted by atomic mass is 9.69. The van der Waals surface area contributed by atoms with Gasteiger partial charge in [0, 0.05) is 0 Å². The van der Waals surface area contributed by atoms with E-state index in [-0.39, 0.29) is 18.3 Å². The van der Waals surface area contributed by atoms with E-state index >= 15 is 0 Å². The molecule has 136 valence electrons. The zero-order valence-electron chi connectivity index (χ0n) is 16.8. The molecule has 1 aromatic rings. The highest BCUT2D eigenvalue weighted by Gasteiger charge is 2.51. The van der Waals surface area contributed by atoms with Crippen LogP contribution in [0.25, 0.3) is 0 Å². The minimum atomic E-state index is -0.278. The number of fused-ring (bicyclic) bond motifs is 2. The van der Waals surface area contributed by atoms with Crippen LogP contribution in [-0.2, 0) is 9.31 Å². The lowest BCUT2D eigenvalue weighted by Crippen LogP contribution is -2.41. The number of benzene rings is 1. The zero-order valence-corrected chi connectivity index (χ0v) is 16.8. The van der Waals surface area contributed by atoms with Gasteiger partial charge >= 0.3 is 7.12 Å². The van der Waals surface area contributed by atoms with Gasteiger partial charge in [-0.2, -0.15) is 0 Å². The van der Waals surface area contributed by atoms with Gasteiger partial charge in [0.15, 0.2) is 0 Å². The smallest absolute Gasteiger partial charge is 0.399 e. The van der Waals surface area contributed by atoms with Crippen molar-refractivity contribution in [1.82, 2.24) is 0 Å². The molecule has 25 heavy (non-hydrogen) atoms. The third-order valence-electron chi connectivity index (χ3n) is 7.41. The Morgan fingerprint density at radius 1 is 0.800 bits per heavy atom. The molecule has 0 N–H and O–H groups in total. The molecule has 2 nitrogen and oxygen atoms in total. The SMILES string of the molecule is CC1CC2CC(C2)CC(C)c2cc(B3OC(C)(C)C(C)(C)O3)ccc21. The van der Waals surface area contributed by atoms with Crippen LogP contribution in [0.4, 0.5) is 0 Å². The highest BCUT2D eigenvalue weighted by molar-refractivity contribution is 6.62. The van der Waals surface area contributed by atoms with Crippen molar-refractivity contribution in [2.24, 2.45) is 11.8 Å². The molecule has 3 heteroatoms. The first-order valence-electron chi connectivity index (χ1n) is 10.2. The summed E-state index contributed by atoms with van der Waals surface area (Å²) in [7, 11) is -0.251. The van der Waals surface area contributed by atoms with Crippen LogP contribution in [0.5, 0.6) is 0 Å². The second-order valence-corrected chi connectivity index (χ2v) is 9.95. The first kappa shape index (κ1) is 17.6. The Bertz CT molecular complexity index is 644. The quantitative estimate of drug-likeness (QED) is 0.669. The second kappa shape index (κ2) is 5.86. The molecule has 0 aromatic heterocycles. The van der Waals surface area contributed by atoms with E-state index in [1.165, 1.54) is 36.7 Å². The molecule has 4 aliphatic rings. The summed E-state index contributed by atoms with van der Waals surface area (Å²) < 4.78 is 12.6. The summed E-state index contributed by atoms with van der Waals surface area (Å²) in [4.78, 5) is 0. The summed E-state index contributed by atoms with van der Waals surface area (Å²) in [5, 5.41) is 0. The fraction of sp³-hybridized carbons (Fsp3) is 0.727. The molecular weight excluding hydrogens is 307 g/mol. The van der Waals surface area contributed by atoms with Crippen molar-refractivity contribution < 1.29 is 9.31 Å². The maximum atomic E-state index is 6.29. The molecule has 2 bridgehead atoms. The number of hydrogen-bond donors (Lipinski definition) is 0. The summed E-state index contributed by atoms with van der Waals surface area (Å²) in [6.07, 6.45) is 5.59. The monoisotopic (exact) mass is 340 g/mol. The normalized spacial score (nSPS) is 36.0. The van der Waals surface area contributed by atoms with Crippen LogP contribution >= 0.6 is 0 Å². The van der Waals surface area contributed by atoms with E-state index in [2.05, 4.69) is 59.7 Å². The fourth-order valence-electron chi connectivity index (χ4n) is 5.11. The summed E-state index contributed by atoms with van der Waals surface area (Å²) in [6, 6.07) is 6.99. The largest absolute Gasteiger partial charge is 0.494 e. The summed E-state index contributed by atoms with van der Waals surface area (Å²) in [6.45, 7) is 13.3. The van der Waals surface area contributed by atoms with Crippen molar-refractivity contribution in [3.8, 4) is 0 Å². The highest BCUT2D eigenvalue weighted by Crippen LogP contribution is 2.47. The average Bonchev–Trinajstić information content (AvgIpc) is 2.75. The maximum absolute atomic E-state index is 6.29. The average molecular weight is 340 g/mol. The molecule has 0 spiro atoms. The van der Waals surface area contributed by atoms with E-state index in [1.54, 1.807) is 5.56 Å². The standard InChI is InChI=1S/C22H33BO2/c1-14-9-16-11-17(12-16)10-15(2)20-13-18(7-8-19(14)20)23-24-21(3,4)22(5,6)25-23/h7-8,13-17H,9-12H2,1-6H3. The van der Waals surface area contributed by atoms with Gasteiger partial charge in [-0.1, -0.05) is 32.0 Å². The van der Waals surface area contributed by atoms with Crippen molar-refractivity contribution >= 4 is 12.6 Å². The Kier molecular flexibility index (Phi) is 4.12. The Labute approximate surface area is 153 Å². The molecule has 2 atom stereocenters. The van der Waals surface area contributed by atoms with Crippen LogP contribution < -0.4 is 5.46 Å². The predicted octanol–water partition coefficient (Wildman–Crippen LogP) is 5.01. The molecule has 1 aliphatic heterocycles. The number of rotatable bonds is 1. The van der Waals surface area contributed by atoms with E-state index < -0.39 is 0 Å².